The van der Waals surface area contributed by atoms with Crippen LogP contribution in [-0.4, -0.2) is 51.3 Å². The molecule has 0 aliphatic carbocycles. The Balaban J connectivity index is 2.02. The van der Waals surface area contributed by atoms with Gasteiger partial charge < -0.3 is 24.7 Å². The van der Waals surface area contributed by atoms with E-state index in [4.69, 9.17) is 36.3 Å². The standard InChI is InChI=1S/C15H16ClN5O6/c1-6(22)25-4-8-10(26-7(2)23)11(24-3)14(27-8)21-5-18-9-12(16)19-15(17)20-13(9)21/h5,11,14H,4H2,1-3H3,(H2,17,19,20)/t11?,14-/m1/s1. The van der Waals surface area contributed by atoms with Gasteiger partial charge >= 0.3 is 11.9 Å². The lowest BCUT2D eigenvalue weighted by Crippen LogP contribution is -2.26. The predicted octanol–water partition coefficient (Wildman–Crippen LogP) is 0.943. The average Bonchev–Trinajstić information content (AvgIpc) is 3.13. The molecule has 2 aromatic heterocycles. The Kier molecular flexibility index (Phi) is 5.15. The maximum Gasteiger partial charge on any atom is 0.307 e. The molecule has 0 radical (unpaired) electrons. The van der Waals surface area contributed by atoms with Gasteiger partial charge in [0.05, 0.1) is 0 Å². The molecule has 0 bridgehead atoms. The van der Waals surface area contributed by atoms with Crippen molar-refractivity contribution in [1.82, 2.24) is 19.5 Å². The largest absolute Gasteiger partial charge is 0.464 e. The van der Waals surface area contributed by atoms with E-state index in [2.05, 4.69) is 15.0 Å². The Labute approximate surface area is 158 Å². The maximum atomic E-state index is 11.5. The summed E-state index contributed by atoms with van der Waals surface area (Å²) in [5.74, 6) is -0.930. The Morgan fingerprint density at radius 2 is 2.07 bits per heavy atom. The molecule has 12 heteroatoms. The average molecular weight is 398 g/mol. The lowest BCUT2D eigenvalue weighted by molar-refractivity contribution is -0.141. The molecule has 2 atom stereocenters. The number of nitrogens with two attached hydrogens (primary N) is 1. The van der Waals surface area contributed by atoms with Gasteiger partial charge in [-0.15, -0.1) is 0 Å². The van der Waals surface area contributed by atoms with Crippen molar-refractivity contribution in [2.45, 2.75) is 26.2 Å². The number of methoxy groups -OCH3 is 1. The molecule has 3 heterocycles. The fraction of sp³-hybridized carbons (Fsp3) is 0.400. The summed E-state index contributed by atoms with van der Waals surface area (Å²) in [7, 11) is 1.41. The van der Waals surface area contributed by atoms with Crippen molar-refractivity contribution in [3.05, 3.63) is 23.0 Å². The number of ether oxygens (including phenoxy) is 4. The highest BCUT2D eigenvalue weighted by Gasteiger charge is 2.42. The minimum atomic E-state index is -0.856. The lowest BCUT2D eigenvalue weighted by atomic mass is 10.2. The SMILES string of the molecule is COC1C(OC(C)=O)=C(COC(C)=O)O[C@H]1n1cnc2c(Cl)nc(N)nc21. The molecule has 0 saturated heterocycles. The normalized spacial score (nSPS) is 19.3. The molecule has 0 amide bonds. The number of imidazole rings is 1. The first-order chi connectivity index (χ1) is 12.8. The number of hydrogen-bond donors (Lipinski definition) is 1. The molecular formula is C15H16ClN5O6. The monoisotopic (exact) mass is 397 g/mol. The highest BCUT2D eigenvalue weighted by Crippen LogP contribution is 2.37. The minimum Gasteiger partial charge on any atom is -0.464 e. The third kappa shape index (κ3) is 3.64. The molecule has 1 aliphatic rings. The molecule has 144 valence electrons. The smallest absolute Gasteiger partial charge is 0.307 e. The van der Waals surface area contributed by atoms with Gasteiger partial charge in [0.25, 0.3) is 0 Å². The van der Waals surface area contributed by atoms with Gasteiger partial charge in [-0.25, -0.2) is 4.98 Å². The van der Waals surface area contributed by atoms with E-state index in [-0.39, 0.29) is 29.2 Å². The Morgan fingerprint density at radius 1 is 1.33 bits per heavy atom. The van der Waals surface area contributed by atoms with Crippen LogP contribution in [0.5, 0.6) is 0 Å². The fourth-order valence-corrected chi connectivity index (χ4v) is 2.83. The van der Waals surface area contributed by atoms with E-state index in [1.807, 2.05) is 0 Å². The number of nitrogen functional groups attached to an aromatic ring is 1. The number of fused-ring (bicyclic) bond motifs is 1. The molecule has 1 unspecified atom stereocenters. The molecule has 2 N–H and O–H groups in total. The highest BCUT2D eigenvalue weighted by molar-refractivity contribution is 6.33. The number of esters is 2. The molecular weight excluding hydrogens is 382 g/mol. The summed E-state index contributed by atoms with van der Waals surface area (Å²) in [5, 5.41) is 0.0801. The number of rotatable bonds is 5. The minimum absolute atomic E-state index is 0.0467. The predicted molar refractivity (Wildman–Crippen MR) is 91.1 cm³/mol. The van der Waals surface area contributed by atoms with Crippen LogP contribution in [0.1, 0.15) is 20.1 Å². The van der Waals surface area contributed by atoms with Gasteiger partial charge in [-0.2, -0.15) is 9.97 Å². The van der Waals surface area contributed by atoms with Crippen LogP contribution in [0.2, 0.25) is 5.15 Å². The maximum absolute atomic E-state index is 11.5. The van der Waals surface area contributed by atoms with Gasteiger partial charge in [0.2, 0.25) is 12.2 Å². The molecule has 2 aromatic rings. The summed E-state index contributed by atoms with van der Waals surface area (Å²) >= 11 is 6.05. The molecule has 11 nitrogen and oxygen atoms in total. The second-order valence-electron chi connectivity index (χ2n) is 5.52. The van der Waals surface area contributed by atoms with E-state index in [1.54, 1.807) is 0 Å². The number of carbonyl (C=O) groups is 2. The van der Waals surface area contributed by atoms with Crippen LogP contribution in [0.25, 0.3) is 11.2 Å². The zero-order valence-electron chi connectivity index (χ0n) is 14.6. The summed E-state index contributed by atoms with van der Waals surface area (Å²) in [6.45, 7) is 2.24. The zero-order chi connectivity index (χ0) is 19.7. The summed E-state index contributed by atoms with van der Waals surface area (Å²) in [4.78, 5) is 34.8. The summed E-state index contributed by atoms with van der Waals surface area (Å²) in [6, 6.07) is 0. The first-order valence-electron chi connectivity index (χ1n) is 7.71. The zero-order valence-corrected chi connectivity index (χ0v) is 15.4. The molecule has 0 aromatic carbocycles. The van der Waals surface area contributed by atoms with Crippen molar-refractivity contribution < 1.29 is 28.5 Å². The van der Waals surface area contributed by atoms with E-state index in [1.165, 1.54) is 31.9 Å². The Hall–Kier alpha value is -2.92. The van der Waals surface area contributed by atoms with Crippen molar-refractivity contribution >= 4 is 40.7 Å². The van der Waals surface area contributed by atoms with Gasteiger partial charge in [-0.1, -0.05) is 11.6 Å². The number of hydrogen-bond acceptors (Lipinski definition) is 10. The van der Waals surface area contributed by atoms with E-state index in [9.17, 15) is 9.59 Å². The third-order valence-corrected chi connectivity index (χ3v) is 3.90. The molecule has 27 heavy (non-hydrogen) atoms. The van der Waals surface area contributed by atoms with E-state index >= 15 is 0 Å². The van der Waals surface area contributed by atoms with Crippen LogP contribution in [0, 0.1) is 0 Å². The van der Waals surface area contributed by atoms with Gasteiger partial charge in [-0.3, -0.25) is 14.2 Å². The molecule has 0 fully saturated rings. The third-order valence-electron chi connectivity index (χ3n) is 3.64. The quantitative estimate of drug-likeness (QED) is 0.572. The second-order valence-corrected chi connectivity index (χ2v) is 5.88. The van der Waals surface area contributed by atoms with E-state index in [0.29, 0.717) is 11.2 Å². The lowest BCUT2D eigenvalue weighted by Gasteiger charge is -2.20. The van der Waals surface area contributed by atoms with Crippen molar-refractivity contribution in [3.63, 3.8) is 0 Å². The van der Waals surface area contributed by atoms with Crippen LogP contribution in [0.4, 0.5) is 5.95 Å². The molecule has 3 rings (SSSR count). The molecule has 1 aliphatic heterocycles. The van der Waals surface area contributed by atoms with Crippen LogP contribution in [0.3, 0.4) is 0 Å². The van der Waals surface area contributed by atoms with E-state index in [0.717, 1.165) is 0 Å². The first kappa shape index (κ1) is 18.9. The van der Waals surface area contributed by atoms with Gasteiger partial charge in [0, 0.05) is 21.0 Å². The van der Waals surface area contributed by atoms with Gasteiger partial charge in [0.1, 0.15) is 11.8 Å². The Bertz CT molecular complexity index is 942. The number of carbonyl (C=O) groups excluding carboxylic acids is 2. The van der Waals surface area contributed by atoms with Crippen molar-refractivity contribution in [3.8, 4) is 0 Å². The highest BCUT2D eigenvalue weighted by atomic mass is 35.5. The summed E-state index contributed by atoms with van der Waals surface area (Å²) < 4.78 is 23.0. The van der Waals surface area contributed by atoms with Crippen LogP contribution in [-0.2, 0) is 28.5 Å². The van der Waals surface area contributed by atoms with Crippen molar-refractivity contribution in [1.29, 1.82) is 0 Å². The van der Waals surface area contributed by atoms with Gasteiger partial charge in [-0.05, 0) is 0 Å². The topological polar surface area (TPSA) is 141 Å². The number of aromatic nitrogens is 4. The van der Waals surface area contributed by atoms with Crippen molar-refractivity contribution in [2.24, 2.45) is 0 Å². The van der Waals surface area contributed by atoms with Gasteiger partial charge in [0.15, 0.2) is 35.0 Å². The molecule has 0 spiro atoms. The number of anilines is 1. The first-order valence-corrected chi connectivity index (χ1v) is 8.09. The van der Waals surface area contributed by atoms with Crippen LogP contribution in [0.15, 0.2) is 17.8 Å². The summed E-state index contributed by atoms with van der Waals surface area (Å²) in [5.41, 5.74) is 6.28. The number of halogens is 1. The number of nitrogens with zero attached hydrogens (tertiary/aromatic N) is 4. The van der Waals surface area contributed by atoms with Crippen LogP contribution >= 0.6 is 11.6 Å². The Morgan fingerprint density at radius 3 is 2.70 bits per heavy atom. The molecule has 0 saturated carbocycles. The van der Waals surface area contributed by atoms with Crippen molar-refractivity contribution in [2.75, 3.05) is 19.5 Å². The second kappa shape index (κ2) is 7.37. The van der Waals surface area contributed by atoms with E-state index < -0.39 is 24.3 Å². The summed E-state index contributed by atoms with van der Waals surface area (Å²) in [6.07, 6.45) is -0.279. The fourth-order valence-electron chi connectivity index (χ4n) is 2.61. The van der Waals surface area contributed by atoms with Crippen LogP contribution < -0.4 is 5.73 Å².